The van der Waals surface area contributed by atoms with Gasteiger partial charge in [-0.3, -0.25) is 13.9 Å². The molecule has 3 rings (SSSR count). The number of carbonyl (C=O) groups is 1. The summed E-state index contributed by atoms with van der Waals surface area (Å²) in [6.07, 6.45) is 0.799. The third kappa shape index (κ3) is 4.53. The van der Waals surface area contributed by atoms with Gasteiger partial charge in [0.05, 0.1) is 29.4 Å². The Balaban J connectivity index is 2.18. The van der Waals surface area contributed by atoms with Crippen LogP contribution in [-0.2, 0) is 22.5 Å². The molecule has 0 saturated carbocycles. The summed E-state index contributed by atoms with van der Waals surface area (Å²) in [5.74, 6) is -0.148. The molecule has 6 nitrogen and oxygen atoms in total. The first-order valence-electron chi connectivity index (χ1n) is 11.4. The predicted molar refractivity (Wildman–Crippen MR) is 136 cm³/mol. The van der Waals surface area contributed by atoms with E-state index in [0.717, 1.165) is 45.4 Å². The molecule has 1 amide bonds. The number of carbonyl (C=O) groups excluding carboxylic acids is 1. The fourth-order valence-electron chi connectivity index (χ4n) is 4.50. The molecule has 1 unspecified atom stereocenters. The monoisotopic (exact) mass is 449 g/mol. The van der Waals surface area contributed by atoms with Crippen LogP contribution in [0.5, 0.6) is 0 Å². The van der Waals surface area contributed by atoms with E-state index < -0.39 is 0 Å². The van der Waals surface area contributed by atoms with Gasteiger partial charge in [-0.05, 0) is 75.4 Å². The lowest BCUT2D eigenvalue weighted by Crippen LogP contribution is -2.45. The largest absolute Gasteiger partial charge is 0.383 e. The highest BCUT2D eigenvalue weighted by molar-refractivity contribution is 5.96. The lowest BCUT2D eigenvalue weighted by molar-refractivity contribution is -0.119. The summed E-state index contributed by atoms with van der Waals surface area (Å²) in [6.45, 7) is 16.2. The van der Waals surface area contributed by atoms with E-state index in [1.54, 1.807) is 28.1 Å². The standard InChI is InChI=1S/C27H35N3O3/c1-9-22-12-10-11-18(4)26(22)30(21(7)16-33-8)25(31)15-28-23-13-19(5)20(6)14-24(23)29(17(2)3)27(28)32/h10-14,21H,2,9,15-16H2,1,3-8H3. The van der Waals surface area contributed by atoms with Gasteiger partial charge in [0, 0.05) is 12.8 Å². The molecule has 176 valence electrons. The van der Waals surface area contributed by atoms with Crippen molar-refractivity contribution in [3.8, 4) is 0 Å². The summed E-state index contributed by atoms with van der Waals surface area (Å²) in [4.78, 5) is 29.1. The van der Waals surface area contributed by atoms with Crippen molar-refractivity contribution in [1.82, 2.24) is 9.13 Å². The first kappa shape index (κ1) is 24.5. The van der Waals surface area contributed by atoms with Crippen molar-refractivity contribution in [2.75, 3.05) is 18.6 Å². The maximum absolute atomic E-state index is 13.9. The molecule has 1 atom stereocenters. The number of hydrogen-bond donors (Lipinski definition) is 0. The van der Waals surface area contributed by atoms with Crippen molar-refractivity contribution >= 4 is 28.3 Å². The maximum Gasteiger partial charge on any atom is 0.333 e. The van der Waals surface area contributed by atoms with Crippen LogP contribution in [0.1, 0.15) is 43.0 Å². The number of anilines is 1. The topological polar surface area (TPSA) is 56.5 Å². The van der Waals surface area contributed by atoms with Crippen molar-refractivity contribution in [1.29, 1.82) is 0 Å². The number of hydrogen-bond acceptors (Lipinski definition) is 3. The average molecular weight is 450 g/mol. The highest BCUT2D eigenvalue weighted by Gasteiger charge is 2.27. The van der Waals surface area contributed by atoms with E-state index in [-0.39, 0.29) is 24.2 Å². The molecule has 3 aromatic rings. The Morgan fingerprint density at radius 3 is 2.33 bits per heavy atom. The molecule has 2 aromatic carbocycles. The summed E-state index contributed by atoms with van der Waals surface area (Å²) in [7, 11) is 1.63. The molecule has 0 N–H and O–H groups in total. The Hall–Kier alpha value is -3.12. The highest BCUT2D eigenvalue weighted by Crippen LogP contribution is 2.29. The SMILES string of the molecule is C=C(C)n1c(=O)n(CC(=O)N(c2c(C)cccc2CC)C(C)COC)c2cc(C)c(C)cc21. The molecule has 0 aliphatic rings. The Morgan fingerprint density at radius 2 is 1.76 bits per heavy atom. The fourth-order valence-corrected chi connectivity index (χ4v) is 4.50. The van der Waals surface area contributed by atoms with Crippen molar-refractivity contribution < 1.29 is 9.53 Å². The van der Waals surface area contributed by atoms with Crippen LogP contribution < -0.4 is 10.6 Å². The number of para-hydroxylation sites is 1. The summed E-state index contributed by atoms with van der Waals surface area (Å²) in [6, 6.07) is 9.85. The highest BCUT2D eigenvalue weighted by atomic mass is 16.5. The van der Waals surface area contributed by atoms with Gasteiger partial charge in [0.25, 0.3) is 0 Å². The van der Waals surface area contributed by atoms with Crippen LogP contribution >= 0.6 is 0 Å². The number of aromatic nitrogens is 2. The second kappa shape index (κ2) is 9.79. The van der Waals surface area contributed by atoms with E-state index in [1.807, 2.05) is 58.0 Å². The minimum atomic E-state index is -0.254. The summed E-state index contributed by atoms with van der Waals surface area (Å²) >= 11 is 0. The maximum atomic E-state index is 13.9. The number of allylic oxidation sites excluding steroid dienone is 1. The molecule has 0 fully saturated rings. The number of fused-ring (bicyclic) bond motifs is 1. The molecule has 33 heavy (non-hydrogen) atoms. The lowest BCUT2D eigenvalue weighted by atomic mass is 10.0. The molecule has 6 heteroatoms. The second-order valence-corrected chi connectivity index (χ2v) is 8.87. The number of imidazole rings is 1. The molecule has 0 radical (unpaired) electrons. The zero-order valence-corrected chi connectivity index (χ0v) is 20.9. The van der Waals surface area contributed by atoms with Gasteiger partial charge in [0.1, 0.15) is 6.54 Å². The van der Waals surface area contributed by atoms with E-state index in [1.165, 1.54) is 0 Å². The van der Waals surface area contributed by atoms with Gasteiger partial charge in [-0.1, -0.05) is 31.7 Å². The molecule has 1 aromatic heterocycles. The third-order valence-electron chi connectivity index (χ3n) is 6.28. The average Bonchev–Trinajstić information content (AvgIpc) is 3.00. The van der Waals surface area contributed by atoms with E-state index in [9.17, 15) is 9.59 Å². The van der Waals surface area contributed by atoms with Crippen molar-refractivity contribution in [3.63, 3.8) is 0 Å². The minimum absolute atomic E-state index is 0.0658. The van der Waals surface area contributed by atoms with Crippen LogP contribution in [-0.4, -0.2) is 34.8 Å². The normalized spacial score (nSPS) is 12.2. The number of ether oxygens (including phenoxy) is 1. The van der Waals surface area contributed by atoms with E-state index in [4.69, 9.17) is 4.74 Å². The van der Waals surface area contributed by atoms with Crippen LogP contribution in [0.4, 0.5) is 5.69 Å². The van der Waals surface area contributed by atoms with Crippen LogP contribution in [0.15, 0.2) is 41.7 Å². The number of methoxy groups -OCH3 is 1. The fraction of sp³-hybridized carbons (Fsp3) is 0.407. The van der Waals surface area contributed by atoms with Gasteiger partial charge < -0.3 is 9.64 Å². The summed E-state index contributed by atoms with van der Waals surface area (Å²) in [5.41, 5.74) is 7.04. The van der Waals surface area contributed by atoms with Gasteiger partial charge in [-0.15, -0.1) is 0 Å². The van der Waals surface area contributed by atoms with Crippen LogP contribution in [0, 0.1) is 20.8 Å². The second-order valence-electron chi connectivity index (χ2n) is 8.87. The molecule has 0 spiro atoms. The van der Waals surface area contributed by atoms with Gasteiger partial charge in [-0.2, -0.15) is 0 Å². The van der Waals surface area contributed by atoms with Gasteiger partial charge in [0.15, 0.2) is 0 Å². The Labute approximate surface area is 196 Å². The Bertz CT molecular complexity index is 1270. The van der Waals surface area contributed by atoms with Crippen LogP contribution in [0.25, 0.3) is 16.7 Å². The van der Waals surface area contributed by atoms with Gasteiger partial charge in [-0.25, -0.2) is 4.79 Å². The zero-order valence-electron chi connectivity index (χ0n) is 20.9. The summed E-state index contributed by atoms with van der Waals surface area (Å²) < 4.78 is 8.55. The molecular formula is C27H35N3O3. The minimum Gasteiger partial charge on any atom is -0.383 e. The molecular weight excluding hydrogens is 414 g/mol. The van der Waals surface area contributed by atoms with Crippen LogP contribution in [0.3, 0.4) is 0 Å². The quantitative estimate of drug-likeness (QED) is 0.494. The van der Waals surface area contributed by atoms with E-state index in [0.29, 0.717) is 12.3 Å². The third-order valence-corrected chi connectivity index (χ3v) is 6.28. The Kier molecular flexibility index (Phi) is 7.28. The van der Waals surface area contributed by atoms with Crippen molar-refractivity contribution in [3.05, 3.63) is 69.6 Å². The molecule has 0 aliphatic carbocycles. The smallest absolute Gasteiger partial charge is 0.333 e. The van der Waals surface area contributed by atoms with Crippen LogP contribution in [0.2, 0.25) is 0 Å². The molecule has 0 saturated heterocycles. The number of nitrogens with zero attached hydrogens (tertiary/aromatic N) is 3. The van der Waals surface area contributed by atoms with Crippen molar-refractivity contribution in [2.45, 2.75) is 60.5 Å². The molecule has 0 aliphatic heterocycles. The van der Waals surface area contributed by atoms with Gasteiger partial charge >= 0.3 is 5.69 Å². The predicted octanol–water partition coefficient (Wildman–Crippen LogP) is 4.85. The number of rotatable bonds is 8. The van der Waals surface area contributed by atoms with Crippen molar-refractivity contribution in [2.24, 2.45) is 0 Å². The number of amides is 1. The Morgan fingerprint density at radius 1 is 1.12 bits per heavy atom. The van der Waals surface area contributed by atoms with E-state index >= 15 is 0 Å². The number of benzene rings is 2. The summed E-state index contributed by atoms with van der Waals surface area (Å²) in [5, 5.41) is 0. The zero-order chi connectivity index (χ0) is 24.4. The lowest BCUT2D eigenvalue weighted by Gasteiger charge is -2.32. The molecule has 1 heterocycles. The molecule has 0 bridgehead atoms. The van der Waals surface area contributed by atoms with Gasteiger partial charge in [0.2, 0.25) is 5.91 Å². The number of aryl methyl sites for hydroxylation is 4. The first-order valence-corrected chi connectivity index (χ1v) is 11.4. The van der Waals surface area contributed by atoms with E-state index in [2.05, 4.69) is 13.5 Å². The first-order chi connectivity index (χ1) is 15.6.